The van der Waals surface area contributed by atoms with E-state index in [-0.39, 0.29) is 17.2 Å². The van der Waals surface area contributed by atoms with Crippen LogP contribution in [-0.4, -0.2) is 20.4 Å². The molecule has 0 atom stereocenters. The van der Waals surface area contributed by atoms with Gasteiger partial charge in [-0.3, -0.25) is 9.20 Å². The number of carbonyl (C=O) groups excluding carboxylic acids is 1. The summed E-state index contributed by atoms with van der Waals surface area (Å²) in [5.41, 5.74) is 0.908. The van der Waals surface area contributed by atoms with Crippen LogP contribution in [0.3, 0.4) is 0 Å². The molecule has 1 aromatic carbocycles. The summed E-state index contributed by atoms with van der Waals surface area (Å²) in [6, 6.07) is 4.35. The molecule has 2 heterocycles. The molecule has 5 nitrogen and oxygen atoms in total. The fourth-order valence-corrected chi connectivity index (χ4v) is 2.71. The quantitative estimate of drug-likeness (QED) is 0.782. The SMILES string of the molecule is O=C(NCc1cn2ccsc2n1)c1cc(Cl)ccc1O. The smallest absolute Gasteiger partial charge is 0.255 e. The van der Waals surface area contributed by atoms with Crippen molar-refractivity contribution in [2.24, 2.45) is 0 Å². The Morgan fingerprint density at radius 2 is 2.35 bits per heavy atom. The maximum Gasteiger partial charge on any atom is 0.255 e. The van der Waals surface area contributed by atoms with E-state index in [9.17, 15) is 9.90 Å². The highest BCUT2D eigenvalue weighted by molar-refractivity contribution is 7.15. The molecule has 0 saturated carbocycles. The van der Waals surface area contributed by atoms with Crippen LogP contribution in [-0.2, 0) is 6.54 Å². The van der Waals surface area contributed by atoms with Crippen LogP contribution in [0.4, 0.5) is 0 Å². The Hall–Kier alpha value is -2.05. The normalized spacial score (nSPS) is 10.8. The summed E-state index contributed by atoms with van der Waals surface area (Å²) in [6.45, 7) is 0.291. The number of halogens is 1. The zero-order chi connectivity index (χ0) is 14.1. The number of carbonyl (C=O) groups is 1. The van der Waals surface area contributed by atoms with E-state index in [0.717, 1.165) is 10.7 Å². The molecule has 0 aliphatic rings. The van der Waals surface area contributed by atoms with Gasteiger partial charge < -0.3 is 10.4 Å². The van der Waals surface area contributed by atoms with Crippen LogP contribution in [0.1, 0.15) is 16.1 Å². The summed E-state index contributed by atoms with van der Waals surface area (Å²) < 4.78 is 1.89. The molecule has 2 aromatic heterocycles. The Morgan fingerprint density at radius 1 is 1.50 bits per heavy atom. The maximum atomic E-state index is 12.0. The zero-order valence-electron chi connectivity index (χ0n) is 10.2. The summed E-state index contributed by atoms with van der Waals surface area (Å²) in [6.07, 6.45) is 3.76. The third kappa shape index (κ3) is 2.48. The second-order valence-corrected chi connectivity index (χ2v) is 5.48. The zero-order valence-corrected chi connectivity index (χ0v) is 11.8. The number of aromatic hydroxyl groups is 1. The van der Waals surface area contributed by atoms with Crippen LogP contribution in [0.2, 0.25) is 5.02 Å². The predicted molar refractivity (Wildman–Crippen MR) is 77.4 cm³/mol. The Labute approximate surface area is 123 Å². The minimum Gasteiger partial charge on any atom is -0.507 e. The van der Waals surface area contributed by atoms with E-state index < -0.39 is 0 Å². The predicted octanol–water partition coefficient (Wildman–Crippen LogP) is 2.68. The topological polar surface area (TPSA) is 66.6 Å². The van der Waals surface area contributed by atoms with Crippen LogP contribution >= 0.6 is 22.9 Å². The number of nitrogens with one attached hydrogen (secondary N) is 1. The lowest BCUT2D eigenvalue weighted by Gasteiger charge is -2.05. The molecule has 2 N–H and O–H groups in total. The molecule has 3 rings (SSSR count). The average Bonchev–Trinajstić information content (AvgIpc) is 2.99. The number of imidazole rings is 1. The minimum absolute atomic E-state index is 0.0993. The van der Waals surface area contributed by atoms with E-state index in [1.54, 1.807) is 0 Å². The van der Waals surface area contributed by atoms with Gasteiger partial charge in [-0.05, 0) is 18.2 Å². The molecular formula is C13H10ClN3O2S. The molecule has 1 amide bonds. The van der Waals surface area contributed by atoms with E-state index in [2.05, 4.69) is 10.3 Å². The number of aromatic nitrogens is 2. The number of hydrogen-bond acceptors (Lipinski definition) is 4. The molecule has 0 aliphatic carbocycles. The Kier molecular flexibility index (Phi) is 3.33. The van der Waals surface area contributed by atoms with Crippen LogP contribution in [0, 0.1) is 0 Å². The van der Waals surface area contributed by atoms with Gasteiger partial charge in [0.25, 0.3) is 5.91 Å². The van der Waals surface area contributed by atoms with Gasteiger partial charge in [0.15, 0.2) is 4.96 Å². The largest absolute Gasteiger partial charge is 0.507 e. The van der Waals surface area contributed by atoms with Gasteiger partial charge in [0.05, 0.1) is 17.8 Å². The van der Waals surface area contributed by atoms with Gasteiger partial charge in [0.2, 0.25) is 0 Å². The van der Waals surface area contributed by atoms with Crippen LogP contribution in [0.5, 0.6) is 5.75 Å². The number of phenolic OH excluding ortho intramolecular Hbond substituents is 1. The lowest BCUT2D eigenvalue weighted by Crippen LogP contribution is -2.23. The lowest BCUT2D eigenvalue weighted by atomic mass is 10.2. The number of thiazole rings is 1. The molecule has 0 fully saturated rings. The Bertz CT molecular complexity index is 752. The minimum atomic E-state index is -0.388. The summed E-state index contributed by atoms with van der Waals surface area (Å²) in [7, 11) is 0. The Morgan fingerprint density at radius 3 is 3.15 bits per heavy atom. The first kappa shape index (κ1) is 13.0. The molecule has 20 heavy (non-hydrogen) atoms. The summed E-state index contributed by atoms with van der Waals surface area (Å²) >= 11 is 7.34. The number of rotatable bonds is 3. The van der Waals surface area contributed by atoms with Gasteiger partial charge in [0.1, 0.15) is 5.75 Å². The van der Waals surface area contributed by atoms with E-state index in [1.807, 2.05) is 22.2 Å². The van der Waals surface area contributed by atoms with Gasteiger partial charge >= 0.3 is 0 Å². The molecule has 3 aromatic rings. The summed E-state index contributed by atoms with van der Waals surface area (Å²) in [5, 5.41) is 14.7. The third-order valence-corrected chi connectivity index (χ3v) is 3.78. The maximum absolute atomic E-state index is 12.0. The van der Waals surface area contributed by atoms with Gasteiger partial charge in [-0.1, -0.05) is 11.6 Å². The van der Waals surface area contributed by atoms with Crippen LogP contribution in [0.15, 0.2) is 36.0 Å². The summed E-state index contributed by atoms with van der Waals surface area (Å²) in [4.78, 5) is 17.2. The van der Waals surface area contributed by atoms with Crippen molar-refractivity contribution in [2.75, 3.05) is 0 Å². The number of phenols is 1. The highest BCUT2D eigenvalue weighted by atomic mass is 35.5. The third-order valence-electron chi connectivity index (χ3n) is 2.78. The first-order valence-corrected chi connectivity index (χ1v) is 7.07. The van der Waals surface area contributed by atoms with E-state index in [4.69, 9.17) is 11.6 Å². The van der Waals surface area contributed by atoms with Gasteiger partial charge in [-0.2, -0.15) is 0 Å². The molecular weight excluding hydrogens is 298 g/mol. The molecule has 0 saturated heterocycles. The van der Waals surface area contributed by atoms with E-state index in [1.165, 1.54) is 29.5 Å². The van der Waals surface area contributed by atoms with Crippen molar-refractivity contribution >= 4 is 33.8 Å². The summed E-state index contributed by atoms with van der Waals surface area (Å²) in [5.74, 6) is -0.487. The molecule has 0 spiro atoms. The first-order valence-electron chi connectivity index (χ1n) is 5.81. The second-order valence-electron chi connectivity index (χ2n) is 4.17. The Balaban J connectivity index is 1.73. The van der Waals surface area contributed by atoms with Gasteiger partial charge in [-0.15, -0.1) is 11.3 Å². The van der Waals surface area contributed by atoms with Crippen molar-refractivity contribution in [3.05, 3.63) is 52.3 Å². The fourth-order valence-electron chi connectivity index (χ4n) is 1.82. The number of fused-ring (bicyclic) bond motifs is 1. The van der Waals surface area contributed by atoms with Crippen molar-refractivity contribution in [3.8, 4) is 5.75 Å². The van der Waals surface area contributed by atoms with E-state index in [0.29, 0.717) is 11.6 Å². The lowest BCUT2D eigenvalue weighted by molar-refractivity contribution is 0.0948. The van der Waals surface area contributed by atoms with Gasteiger partial charge in [-0.25, -0.2) is 4.98 Å². The van der Waals surface area contributed by atoms with Crippen LogP contribution in [0.25, 0.3) is 4.96 Å². The molecule has 0 unspecified atom stereocenters. The first-order chi connectivity index (χ1) is 9.63. The molecule has 0 radical (unpaired) electrons. The van der Waals surface area contributed by atoms with Gasteiger partial charge in [0, 0.05) is 22.8 Å². The number of hydrogen-bond donors (Lipinski definition) is 2. The molecule has 7 heteroatoms. The monoisotopic (exact) mass is 307 g/mol. The molecule has 102 valence electrons. The highest BCUT2D eigenvalue weighted by Crippen LogP contribution is 2.21. The molecule has 0 bridgehead atoms. The number of nitrogens with zero attached hydrogens (tertiary/aromatic N) is 2. The van der Waals surface area contributed by atoms with Crippen molar-refractivity contribution < 1.29 is 9.90 Å². The molecule has 0 aliphatic heterocycles. The highest BCUT2D eigenvalue weighted by Gasteiger charge is 2.12. The van der Waals surface area contributed by atoms with Crippen molar-refractivity contribution in [3.63, 3.8) is 0 Å². The van der Waals surface area contributed by atoms with Crippen molar-refractivity contribution in [1.82, 2.24) is 14.7 Å². The number of benzene rings is 1. The standard InChI is InChI=1S/C13H10ClN3O2S/c14-8-1-2-11(18)10(5-8)12(19)15-6-9-7-17-3-4-20-13(17)16-9/h1-5,7,18H,6H2,(H,15,19). The fraction of sp³-hybridized carbons (Fsp3) is 0.0769. The van der Waals surface area contributed by atoms with Crippen LogP contribution < -0.4 is 5.32 Å². The van der Waals surface area contributed by atoms with E-state index >= 15 is 0 Å². The average molecular weight is 308 g/mol. The van der Waals surface area contributed by atoms with Crippen molar-refractivity contribution in [1.29, 1.82) is 0 Å². The number of amides is 1. The van der Waals surface area contributed by atoms with Crippen molar-refractivity contribution in [2.45, 2.75) is 6.54 Å². The second kappa shape index (κ2) is 5.15.